The minimum atomic E-state index is 0.607. The fourth-order valence-corrected chi connectivity index (χ4v) is 3.48. The second-order valence-electron chi connectivity index (χ2n) is 7.25. The molecule has 1 saturated heterocycles. The molecule has 1 aliphatic rings. The first-order chi connectivity index (χ1) is 15.3. The van der Waals surface area contributed by atoms with Gasteiger partial charge in [-0.05, 0) is 24.6 Å². The molecular weight excluding hydrogens is 392 g/mol. The van der Waals surface area contributed by atoms with Gasteiger partial charge in [-0.25, -0.2) is 4.68 Å². The molecule has 31 heavy (non-hydrogen) atoms. The van der Waals surface area contributed by atoms with Crippen LogP contribution in [0.2, 0.25) is 0 Å². The van der Waals surface area contributed by atoms with Crippen LogP contribution in [0.3, 0.4) is 0 Å². The van der Waals surface area contributed by atoms with Crippen LogP contribution in [0.25, 0.3) is 16.7 Å². The van der Waals surface area contributed by atoms with Crippen molar-refractivity contribution < 1.29 is 4.74 Å². The zero-order chi connectivity index (χ0) is 21.0. The lowest BCUT2D eigenvalue weighted by atomic mass is 10.2. The highest BCUT2D eigenvalue weighted by Crippen LogP contribution is 2.26. The van der Waals surface area contributed by atoms with Crippen LogP contribution in [-0.2, 0) is 4.74 Å². The second-order valence-corrected chi connectivity index (χ2v) is 7.25. The van der Waals surface area contributed by atoms with E-state index in [9.17, 15) is 0 Å². The number of aryl methyl sites for hydroxylation is 1. The van der Waals surface area contributed by atoms with Gasteiger partial charge in [-0.3, -0.25) is 10.4 Å². The third-order valence-corrected chi connectivity index (χ3v) is 5.04. The number of hydrazone groups is 1. The van der Waals surface area contributed by atoms with Crippen molar-refractivity contribution >= 4 is 29.0 Å². The SMILES string of the molecule is Cc1cccc(/C=N/Nc2nc(N3CCOCC3)nc3c2cnn3-c2ccncc2)c1. The topological polar surface area (TPSA) is 93.4 Å². The zero-order valence-corrected chi connectivity index (χ0v) is 17.1. The second kappa shape index (κ2) is 8.49. The number of fused-ring (bicyclic) bond motifs is 1. The molecule has 5 rings (SSSR count). The van der Waals surface area contributed by atoms with E-state index in [2.05, 4.69) is 44.6 Å². The number of anilines is 2. The molecule has 1 aromatic carbocycles. The third kappa shape index (κ3) is 4.08. The molecule has 0 spiro atoms. The smallest absolute Gasteiger partial charge is 0.229 e. The van der Waals surface area contributed by atoms with Crippen LogP contribution in [0.4, 0.5) is 11.8 Å². The zero-order valence-electron chi connectivity index (χ0n) is 17.1. The van der Waals surface area contributed by atoms with Gasteiger partial charge in [-0.1, -0.05) is 29.8 Å². The molecule has 9 heteroatoms. The number of nitrogens with zero attached hydrogens (tertiary/aromatic N) is 7. The molecule has 1 N–H and O–H groups in total. The Kier molecular flexibility index (Phi) is 5.24. The highest BCUT2D eigenvalue weighted by molar-refractivity contribution is 5.89. The number of morpholine rings is 1. The summed E-state index contributed by atoms with van der Waals surface area (Å²) in [4.78, 5) is 15.8. The van der Waals surface area contributed by atoms with Gasteiger partial charge in [-0.2, -0.15) is 20.2 Å². The summed E-state index contributed by atoms with van der Waals surface area (Å²) in [5, 5.41) is 9.74. The summed E-state index contributed by atoms with van der Waals surface area (Å²) in [5.41, 5.74) is 6.87. The fraction of sp³-hybridized carbons (Fsp3) is 0.227. The molecule has 0 saturated carbocycles. The van der Waals surface area contributed by atoms with E-state index < -0.39 is 0 Å². The van der Waals surface area contributed by atoms with Crippen molar-refractivity contribution in [3.05, 3.63) is 66.1 Å². The molecule has 1 fully saturated rings. The maximum Gasteiger partial charge on any atom is 0.229 e. The first kappa shape index (κ1) is 19.1. The lowest BCUT2D eigenvalue weighted by Crippen LogP contribution is -2.37. The molecule has 0 unspecified atom stereocenters. The van der Waals surface area contributed by atoms with Crippen LogP contribution >= 0.6 is 0 Å². The molecule has 0 atom stereocenters. The highest BCUT2D eigenvalue weighted by atomic mass is 16.5. The Morgan fingerprint density at radius 3 is 2.74 bits per heavy atom. The minimum Gasteiger partial charge on any atom is -0.378 e. The van der Waals surface area contributed by atoms with Gasteiger partial charge in [-0.15, -0.1) is 0 Å². The summed E-state index contributed by atoms with van der Waals surface area (Å²) in [5.74, 6) is 1.23. The predicted molar refractivity (Wildman–Crippen MR) is 120 cm³/mol. The van der Waals surface area contributed by atoms with Gasteiger partial charge in [0.25, 0.3) is 0 Å². The lowest BCUT2D eigenvalue weighted by Gasteiger charge is -2.27. The Morgan fingerprint density at radius 2 is 1.94 bits per heavy atom. The monoisotopic (exact) mass is 414 g/mol. The molecule has 9 nitrogen and oxygen atoms in total. The van der Waals surface area contributed by atoms with Crippen molar-refractivity contribution in [2.24, 2.45) is 5.10 Å². The molecule has 0 bridgehead atoms. The number of pyridine rings is 1. The van der Waals surface area contributed by atoms with Crippen molar-refractivity contribution in [2.75, 3.05) is 36.6 Å². The number of hydrogen-bond donors (Lipinski definition) is 1. The quantitative estimate of drug-likeness (QED) is 0.396. The van der Waals surface area contributed by atoms with Crippen LogP contribution in [0.5, 0.6) is 0 Å². The predicted octanol–water partition coefficient (Wildman–Crippen LogP) is 2.80. The molecular formula is C22H22N8O. The summed E-state index contributed by atoms with van der Waals surface area (Å²) >= 11 is 0. The van der Waals surface area contributed by atoms with Crippen molar-refractivity contribution in [2.45, 2.75) is 6.92 Å². The molecule has 0 amide bonds. The van der Waals surface area contributed by atoms with Crippen molar-refractivity contribution in [3.8, 4) is 5.69 Å². The van der Waals surface area contributed by atoms with Gasteiger partial charge in [0.05, 0.1) is 36.7 Å². The minimum absolute atomic E-state index is 0.607. The van der Waals surface area contributed by atoms with Gasteiger partial charge in [0, 0.05) is 25.5 Å². The Labute approximate surface area is 179 Å². The average molecular weight is 414 g/mol. The molecule has 0 radical (unpaired) electrons. The van der Waals surface area contributed by atoms with Gasteiger partial charge < -0.3 is 9.64 Å². The number of nitrogens with one attached hydrogen (secondary N) is 1. The van der Waals surface area contributed by atoms with E-state index in [1.54, 1.807) is 29.5 Å². The normalized spacial score (nSPS) is 14.4. The molecule has 4 heterocycles. The first-order valence-electron chi connectivity index (χ1n) is 10.1. The van der Waals surface area contributed by atoms with Gasteiger partial charge in [0.15, 0.2) is 11.5 Å². The van der Waals surface area contributed by atoms with E-state index in [1.165, 1.54) is 5.56 Å². The Hall–Kier alpha value is -3.85. The standard InChI is InChI=1S/C22H22N8O/c1-16-3-2-4-17(13-16)14-24-28-20-19-15-25-30(18-5-7-23-8-6-18)21(19)27-22(26-20)29-9-11-31-12-10-29/h2-8,13-15H,9-12H2,1H3,(H,26,27,28)/b24-14+. The summed E-state index contributed by atoms with van der Waals surface area (Å²) in [6, 6.07) is 11.9. The molecule has 4 aromatic rings. The number of rotatable bonds is 5. The van der Waals surface area contributed by atoms with E-state index in [4.69, 9.17) is 14.7 Å². The summed E-state index contributed by atoms with van der Waals surface area (Å²) in [7, 11) is 0. The number of hydrogen-bond acceptors (Lipinski definition) is 8. The van der Waals surface area contributed by atoms with Crippen LogP contribution in [0.1, 0.15) is 11.1 Å². The van der Waals surface area contributed by atoms with Crippen molar-refractivity contribution in [1.29, 1.82) is 0 Å². The molecule has 3 aromatic heterocycles. The Bertz CT molecular complexity index is 1210. The van der Waals surface area contributed by atoms with Gasteiger partial charge in [0.1, 0.15) is 0 Å². The number of benzene rings is 1. The van der Waals surface area contributed by atoms with Gasteiger partial charge in [0.2, 0.25) is 5.95 Å². The first-order valence-corrected chi connectivity index (χ1v) is 10.1. The third-order valence-electron chi connectivity index (χ3n) is 5.04. The van der Waals surface area contributed by atoms with Crippen molar-refractivity contribution in [1.82, 2.24) is 24.7 Å². The summed E-state index contributed by atoms with van der Waals surface area (Å²) in [6.45, 7) is 4.83. The molecule has 156 valence electrons. The van der Waals surface area contributed by atoms with Crippen LogP contribution in [0, 0.1) is 6.92 Å². The number of aromatic nitrogens is 5. The van der Waals surface area contributed by atoms with Crippen LogP contribution in [-0.4, -0.2) is 57.3 Å². The Balaban J connectivity index is 1.54. The van der Waals surface area contributed by atoms with E-state index in [0.717, 1.165) is 29.7 Å². The molecule has 0 aliphatic carbocycles. The fourth-order valence-electron chi connectivity index (χ4n) is 3.48. The van der Waals surface area contributed by atoms with Crippen LogP contribution < -0.4 is 10.3 Å². The van der Waals surface area contributed by atoms with Crippen LogP contribution in [0.15, 0.2) is 60.1 Å². The van der Waals surface area contributed by atoms with E-state index in [0.29, 0.717) is 30.6 Å². The number of ether oxygens (including phenoxy) is 1. The molecule has 1 aliphatic heterocycles. The summed E-state index contributed by atoms with van der Waals surface area (Å²) < 4.78 is 7.27. The average Bonchev–Trinajstić information content (AvgIpc) is 3.24. The maximum atomic E-state index is 5.48. The van der Waals surface area contributed by atoms with Gasteiger partial charge >= 0.3 is 0 Å². The van der Waals surface area contributed by atoms with Crippen molar-refractivity contribution in [3.63, 3.8) is 0 Å². The Morgan fingerprint density at radius 1 is 1.10 bits per heavy atom. The maximum absolute atomic E-state index is 5.48. The summed E-state index contributed by atoms with van der Waals surface area (Å²) in [6.07, 6.45) is 7.00. The largest absolute Gasteiger partial charge is 0.378 e. The highest BCUT2D eigenvalue weighted by Gasteiger charge is 2.19. The lowest BCUT2D eigenvalue weighted by molar-refractivity contribution is 0.122. The van der Waals surface area contributed by atoms with E-state index >= 15 is 0 Å². The van der Waals surface area contributed by atoms with E-state index in [-0.39, 0.29) is 0 Å². The van der Waals surface area contributed by atoms with E-state index in [1.807, 2.05) is 24.3 Å².